The Kier molecular flexibility index (Phi) is 2.46. The van der Waals surface area contributed by atoms with E-state index in [0.29, 0.717) is 0 Å². The first-order valence-electron chi connectivity index (χ1n) is 3.83. The zero-order valence-electron chi connectivity index (χ0n) is 7.56. The number of hydrogen-bond acceptors (Lipinski definition) is 1. The second kappa shape index (κ2) is 3.02. The van der Waals surface area contributed by atoms with E-state index in [2.05, 4.69) is 0 Å². The molecule has 0 unspecified atom stereocenters. The van der Waals surface area contributed by atoms with E-state index >= 15 is 0 Å². The molecule has 0 saturated carbocycles. The smallest absolute Gasteiger partial charge is 0.198 e. The van der Waals surface area contributed by atoms with Crippen LogP contribution in [0.3, 0.4) is 0 Å². The monoisotopic (exact) mass is 277 g/mol. The molecule has 1 aromatic carbocycles. The number of benzene rings is 1. The molecule has 0 atom stereocenters. The van der Waals surface area contributed by atoms with Crippen LogP contribution < -0.4 is 0 Å². The van der Waals surface area contributed by atoms with Crippen molar-refractivity contribution in [1.82, 2.24) is 0 Å². The van der Waals surface area contributed by atoms with Gasteiger partial charge in [0.05, 0.1) is 12.5 Å². The van der Waals surface area contributed by atoms with Crippen LogP contribution in [0.15, 0.2) is 23.1 Å². The molecular formula is C8H5ClF5NS. The molecule has 0 saturated heterocycles. The van der Waals surface area contributed by atoms with Gasteiger partial charge in [0.1, 0.15) is 4.90 Å². The molecule has 1 nitrogen and oxygen atoms in total. The Bertz CT molecular complexity index is 475. The van der Waals surface area contributed by atoms with Crippen LogP contribution in [0.1, 0.15) is 5.56 Å². The van der Waals surface area contributed by atoms with Crippen LogP contribution >= 0.6 is 21.8 Å². The predicted molar refractivity (Wildman–Crippen MR) is 52.2 cm³/mol. The van der Waals surface area contributed by atoms with Crippen molar-refractivity contribution in [2.24, 2.45) is 0 Å². The summed E-state index contributed by atoms with van der Waals surface area (Å²) in [6.45, 7) is 0. The van der Waals surface area contributed by atoms with Crippen molar-refractivity contribution in [1.29, 1.82) is 5.26 Å². The molecule has 0 aliphatic heterocycles. The summed E-state index contributed by atoms with van der Waals surface area (Å²) < 4.78 is 62.0. The Morgan fingerprint density at radius 1 is 1.12 bits per heavy atom. The molecule has 0 radical (unpaired) electrons. The predicted octanol–water partition coefficient (Wildman–Crippen LogP) is 5.06. The molecule has 90 valence electrons. The van der Waals surface area contributed by atoms with Gasteiger partial charge >= 0.3 is 10.2 Å². The lowest BCUT2D eigenvalue weighted by Gasteiger charge is -2.40. The van der Waals surface area contributed by atoms with E-state index in [1.54, 1.807) is 6.07 Å². The maximum Gasteiger partial charge on any atom is 0.310 e. The van der Waals surface area contributed by atoms with Crippen LogP contribution in [0.2, 0.25) is 5.02 Å². The summed E-state index contributed by atoms with van der Waals surface area (Å²) >= 11 is 5.29. The summed E-state index contributed by atoms with van der Waals surface area (Å²) in [5.74, 6) is 0. The zero-order chi connectivity index (χ0) is 12.7. The Balaban J connectivity index is 3.45. The topological polar surface area (TPSA) is 23.8 Å². The first-order chi connectivity index (χ1) is 6.92. The number of nitriles is 1. The summed E-state index contributed by atoms with van der Waals surface area (Å²) in [5, 5.41) is 7.80. The first kappa shape index (κ1) is 13.1. The molecule has 0 bridgehead atoms. The highest BCUT2D eigenvalue weighted by Gasteiger charge is 2.65. The summed E-state index contributed by atoms with van der Waals surface area (Å²) in [4.78, 5) is -2.07. The molecule has 0 amide bonds. The molecule has 1 aromatic rings. The van der Waals surface area contributed by atoms with Gasteiger partial charge in [-0.3, -0.25) is 0 Å². The molecule has 0 aliphatic rings. The second-order valence-corrected chi connectivity index (χ2v) is 5.94. The van der Waals surface area contributed by atoms with Gasteiger partial charge in [-0.25, -0.2) is 0 Å². The Labute approximate surface area is 93.2 Å². The highest BCUT2D eigenvalue weighted by atomic mass is 35.5. The third kappa shape index (κ3) is 3.25. The van der Waals surface area contributed by atoms with Gasteiger partial charge in [-0.2, -0.15) is 5.26 Å². The molecule has 16 heavy (non-hydrogen) atoms. The van der Waals surface area contributed by atoms with Crippen molar-refractivity contribution in [2.45, 2.75) is 11.3 Å². The second-order valence-electron chi connectivity index (χ2n) is 3.10. The van der Waals surface area contributed by atoms with E-state index in [0.717, 1.165) is 6.07 Å². The lowest BCUT2D eigenvalue weighted by Crippen LogP contribution is -2.06. The van der Waals surface area contributed by atoms with Crippen LogP contribution in [0, 0.1) is 11.3 Å². The van der Waals surface area contributed by atoms with Crippen LogP contribution in [-0.2, 0) is 6.42 Å². The van der Waals surface area contributed by atoms with E-state index in [1.807, 2.05) is 0 Å². The van der Waals surface area contributed by atoms with Gasteiger partial charge < -0.3 is 0 Å². The van der Waals surface area contributed by atoms with Crippen molar-refractivity contribution < 1.29 is 19.4 Å². The molecule has 0 fully saturated rings. The Morgan fingerprint density at radius 3 is 2.12 bits per heavy atom. The minimum Gasteiger partial charge on any atom is -0.198 e. The van der Waals surface area contributed by atoms with Crippen molar-refractivity contribution in [2.75, 3.05) is 0 Å². The van der Waals surface area contributed by atoms with Crippen molar-refractivity contribution in [3.8, 4) is 6.07 Å². The largest absolute Gasteiger partial charge is 0.310 e. The number of rotatable bonds is 2. The van der Waals surface area contributed by atoms with E-state index in [4.69, 9.17) is 16.9 Å². The summed E-state index contributed by atoms with van der Waals surface area (Å²) in [6, 6.07) is 3.00. The van der Waals surface area contributed by atoms with Gasteiger partial charge in [0, 0.05) is 5.02 Å². The zero-order valence-corrected chi connectivity index (χ0v) is 9.13. The lowest BCUT2D eigenvalue weighted by atomic mass is 10.2. The molecule has 0 aliphatic carbocycles. The standard InChI is InChI=1S/C8H5ClF5NS/c9-7-3-6(1-2-15)4-8(5-7)16(10,11,12,13)14/h3-5H,1H2. The van der Waals surface area contributed by atoms with Crippen LogP contribution in [-0.4, -0.2) is 0 Å². The molecule has 0 heterocycles. The highest BCUT2D eigenvalue weighted by Crippen LogP contribution is 3.02. The third-order valence-electron chi connectivity index (χ3n) is 1.66. The first-order valence-corrected chi connectivity index (χ1v) is 6.16. The summed E-state index contributed by atoms with van der Waals surface area (Å²) in [7, 11) is -9.72. The fraction of sp³-hybridized carbons (Fsp3) is 0.125. The number of halogens is 6. The quantitative estimate of drug-likeness (QED) is 0.693. The normalized spacial score (nSPS) is 16.1. The average Bonchev–Trinajstić information content (AvgIpc) is 1.99. The maximum absolute atomic E-state index is 12.4. The average molecular weight is 278 g/mol. The Morgan fingerprint density at radius 2 is 1.69 bits per heavy atom. The van der Waals surface area contributed by atoms with Gasteiger partial charge in [0.25, 0.3) is 0 Å². The molecule has 8 heteroatoms. The van der Waals surface area contributed by atoms with Gasteiger partial charge in [0.2, 0.25) is 0 Å². The third-order valence-corrected chi connectivity index (χ3v) is 3.00. The van der Waals surface area contributed by atoms with E-state index in [9.17, 15) is 19.4 Å². The summed E-state index contributed by atoms with van der Waals surface area (Å²) in [6.07, 6.45) is -0.415. The maximum atomic E-state index is 12.4. The molecular weight excluding hydrogens is 273 g/mol. The fourth-order valence-corrected chi connectivity index (χ4v) is 2.08. The molecule has 1 rings (SSSR count). The van der Waals surface area contributed by atoms with E-state index in [-0.39, 0.29) is 17.7 Å². The van der Waals surface area contributed by atoms with Gasteiger partial charge in [0.15, 0.2) is 0 Å². The van der Waals surface area contributed by atoms with Crippen LogP contribution in [0.4, 0.5) is 19.4 Å². The van der Waals surface area contributed by atoms with Crippen molar-refractivity contribution in [3.05, 3.63) is 28.8 Å². The molecule has 0 spiro atoms. The van der Waals surface area contributed by atoms with E-state index < -0.39 is 26.6 Å². The van der Waals surface area contributed by atoms with Gasteiger partial charge in [-0.1, -0.05) is 31.0 Å². The Hall–Kier alpha value is -1.00. The van der Waals surface area contributed by atoms with E-state index in [1.165, 1.54) is 0 Å². The molecule has 0 aromatic heterocycles. The summed E-state index contributed by atoms with van der Waals surface area (Å²) in [5.41, 5.74) is -0.196. The minimum atomic E-state index is -9.72. The minimum absolute atomic E-state index is 0.157. The van der Waals surface area contributed by atoms with Crippen LogP contribution in [0.25, 0.3) is 0 Å². The van der Waals surface area contributed by atoms with Crippen LogP contribution in [0.5, 0.6) is 0 Å². The number of nitrogens with zero attached hydrogens (tertiary/aromatic N) is 1. The van der Waals surface area contributed by atoms with Gasteiger partial charge in [-0.15, -0.1) is 0 Å². The van der Waals surface area contributed by atoms with Crippen molar-refractivity contribution >= 4 is 21.8 Å². The SMILES string of the molecule is N#CCc1cc(Cl)cc(S(F)(F)(F)(F)F)c1. The highest BCUT2D eigenvalue weighted by molar-refractivity contribution is 8.45. The fourth-order valence-electron chi connectivity index (χ4n) is 1.04. The lowest BCUT2D eigenvalue weighted by molar-refractivity contribution is 0.364. The van der Waals surface area contributed by atoms with Gasteiger partial charge in [-0.05, 0) is 23.8 Å². The van der Waals surface area contributed by atoms with Crippen molar-refractivity contribution in [3.63, 3.8) is 0 Å². The number of hydrogen-bond donors (Lipinski definition) is 0. The molecule has 0 N–H and O–H groups in total.